The molecule has 0 aliphatic heterocycles. The summed E-state index contributed by atoms with van der Waals surface area (Å²) in [5.41, 5.74) is 19.8. The van der Waals surface area contributed by atoms with Crippen LogP contribution in [0.5, 0.6) is 0 Å². The number of fused-ring (bicyclic) bond motifs is 12. The van der Waals surface area contributed by atoms with E-state index < -0.39 is 0 Å². The Bertz CT molecular complexity index is 6930. The van der Waals surface area contributed by atoms with Crippen LogP contribution in [0.4, 0.5) is 0 Å². The molecule has 0 bridgehead atoms. The van der Waals surface area contributed by atoms with Gasteiger partial charge in [-0.25, -0.2) is 29.9 Å². The molecule has 4 heterocycles. The molecule has 0 N–H and O–H groups in total. The fourth-order valence-corrected chi connectivity index (χ4v) is 18.1. The summed E-state index contributed by atoms with van der Waals surface area (Å²) in [5, 5.41) is 12.4. The van der Waals surface area contributed by atoms with E-state index in [-0.39, 0.29) is 0 Å². The van der Waals surface area contributed by atoms with Crippen LogP contribution >= 0.6 is 22.7 Å². The number of rotatable bonds is 12. The zero-order valence-electron chi connectivity index (χ0n) is 59.5. The van der Waals surface area contributed by atoms with E-state index in [2.05, 4.69) is 315 Å². The van der Waals surface area contributed by atoms with Gasteiger partial charge in [-0.15, -0.1) is 22.7 Å². The number of aromatic nitrogens is 6. The van der Waals surface area contributed by atoms with Crippen molar-refractivity contribution in [1.29, 1.82) is 0 Å². The third-order valence-electron chi connectivity index (χ3n) is 20.9. The van der Waals surface area contributed by atoms with Gasteiger partial charge in [0.15, 0.2) is 34.9 Å². The zero-order valence-corrected chi connectivity index (χ0v) is 61.1. The molecule has 0 atom stereocenters. The van der Waals surface area contributed by atoms with E-state index in [0.29, 0.717) is 34.9 Å². The highest BCUT2D eigenvalue weighted by Crippen LogP contribution is 2.49. The molecule has 6 nitrogen and oxygen atoms in total. The minimum atomic E-state index is 0.646. The van der Waals surface area contributed by atoms with Crippen molar-refractivity contribution in [3.63, 3.8) is 0 Å². The molecule has 0 aliphatic carbocycles. The quantitative estimate of drug-likeness (QED) is 0.113. The normalized spacial score (nSPS) is 11.5. The lowest BCUT2D eigenvalue weighted by molar-refractivity contribution is 1.08. The van der Waals surface area contributed by atoms with E-state index >= 15 is 0 Å². The van der Waals surface area contributed by atoms with Crippen molar-refractivity contribution >= 4 is 95.3 Å². The fraction of sp³-hybridized carbons (Fsp3) is 0. The molecule has 8 heteroatoms. The molecule has 0 spiro atoms. The van der Waals surface area contributed by atoms with Gasteiger partial charge < -0.3 is 0 Å². The Hall–Kier alpha value is -14.0. The molecular weight excluding hydrogens is 1370 g/mol. The Kier molecular flexibility index (Phi) is 16.9. The maximum absolute atomic E-state index is 5.25. The van der Waals surface area contributed by atoms with Crippen molar-refractivity contribution in [2.45, 2.75) is 0 Å². The molecule has 4 aromatic heterocycles. The van der Waals surface area contributed by atoms with Crippen molar-refractivity contribution < 1.29 is 0 Å². The van der Waals surface area contributed by atoms with Gasteiger partial charge in [0.25, 0.3) is 0 Å². The Morgan fingerprint density at radius 1 is 0.136 bits per heavy atom. The number of nitrogens with zero attached hydrogens (tertiary/aromatic N) is 6. The number of thiophene rings is 2. The molecule has 17 aromatic carbocycles. The second-order valence-corrected chi connectivity index (χ2v) is 29.6. The van der Waals surface area contributed by atoms with Gasteiger partial charge >= 0.3 is 0 Å². The third kappa shape index (κ3) is 12.1. The largest absolute Gasteiger partial charge is 0.208 e. The molecule has 110 heavy (non-hydrogen) atoms. The summed E-state index contributed by atoms with van der Waals surface area (Å²) >= 11 is 3.62. The predicted octanol–water partition coefficient (Wildman–Crippen LogP) is 27.9. The average Bonchev–Trinajstić information content (AvgIpc) is 1.11. The number of benzene rings is 17. The van der Waals surface area contributed by atoms with Gasteiger partial charge in [-0.3, -0.25) is 0 Å². The summed E-state index contributed by atoms with van der Waals surface area (Å²) in [6.07, 6.45) is 0. The molecule has 0 fully saturated rings. The van der Waals surface area contributed by atoms with Gasteiger partial charge in [0.2, 0.25) is 0 Å². The molecule has 0 amide bonds. The molecular formula is C102H64N6S2. The minimum Gasteiger partial charge on any atom is -0.208 e. The maximum Gasteiger partial charge on any atom is 0.164 e. The molecule has 514 valence electrons. The van der Waals surface area contributed by atoms with Crippen LogP contribution in [0.1, 0.15) is 0 Å². The average molecular weight is 1440 g/mol. The standard InChI is InChI=1S/C57H35N3S.C45H29N3S/c1-3-17-36(18-4-1)55-58-56(37-19-5-2-6-20-37)60-57(59-55)51-34-39(35-53-54(51)49-29-15-16-30-52(49)61-53)41-22-8-10-24-43(41)42-23-9-7-21-40(42)38-31-32-48-46-27-12-11-25-44(46)45-26-13-14-28-47(45)50(48)33-38;1-4-16-30(17-5-1)34-22-10-12-24-36(34)37-25-13-11-23-35(37)33-28-39(42-38-26-14-15-27-40(38)49-41(42)29-33)45-47-43(31-18-6-2-7-19-31)46-44(48-45)32-20-8-3-9-21-32/h1-35H;1-29H. The van der Waals surface area contributed by atoms with Crippen molar-refractivity contribution in [1.82, 2.24) is 29.9 Å². The van der Waals surface area contributed by atoms with Crippen LogP contribution in [-0.2, 0) is 0 Å². The lowest BCUT2D eigenvalue weighted by Gasteiger charge is -2.17. The Morgan fingerprint density at radius 3 is 0.745 bits per heavy atom. The second-order valence-electron chi connectivity index (χ2n) is 27.5. The summed E-state index contributed by atoms with van der Waals surface area (Å²) in [6.45, 7) is 0. The van der Waals surface area contributed by atoms with E-state index in [1.807, 2.05) is 95.5 Å². The molecule has 0 unspecified atom stereocenters. The van der Waals surface area contributed by atoms with Crippen LogP contribution in [0.2, 0.25) is 0 Å². The van der Waals surface area contributed by atoms with Gasteiger partial charge in [-0.2, -0.15) is 0 Å². The Balaban J connectivity index is 0.000000148. The van der Waals surface area contributed by atoms with Gasteiger partial charge in [-0.1, -0.05) is 346 Å². The van der Waals surface area contributed by atoms with E-state index in [9.17, 15) is 0 Å². The van der Waals surface area contributed by atoms with E-state index in [1.165, 1.54) is 106 Å². The van der Waals surface area contributed by atoms with Gasteiger partial charge in [0.05, 0.1) is 0 Å². The summed E-state index contributed by atoms with van der Waals surface area (Å²) in [4.78, 5) is 30.9. The van der Waals surface area contributed by atoms with Crippen molar-refractivity contribution in [3.8, 4) is 135 Å². The second kappa shape index (κ2) is 28.4. The Labute approximate surface area is 644 Å². The third-order valence-corrected chi connectivity index (χ3v) is 23.1. The van der Waals surface area contributed by atoms with Gasteiger partial charge in [0.1, 0.15) is 0 Å². The first-order valence-electron chi connectivity index (χ1n) is 37.0. The summed E-state index contributed by atoms with van der Waals surface area (Å²) < 4.78 is 4.85. The molecule has 0 saturated carbocycles. The zero-order chi connectivity index (χ0) is 72.9. The minimum absolute atomic E-state index is 0.646. The lowest BCUT2D eigenvalue weighted by atomic mass is 9.87. The summed E-state index contributed by atoms with van der Waals surface area (Å²) in [5.74, 6) is 3.91. The first-order chi connectivity index (χ1) is 54.5. The van der Waals surface area contributed by atoms with Gasteiger partial charge in [-0.05, 0) is 142 Å². The highest BCUT2D eigenvalue weighted by atomic mass is 32.1. The van der Waals surface area contributed by atoms with Crippen molar-refractivity contribution in [3.05, 3.63) is 388 Å². The maximum atomic E-state index is 5.25. The van der Waals surface area contributed by atoms with Crippen molar-refractivity contribution in [2.75, 3.05) is 0 Å². The molecule has 0 radical (unpaired) electrons. The lowest BCUT2D eigenvalue weighted by Crippen LogP contribution is -2.00. The van der Waals surface area contributed by atoms with Crippen molar-refractivity contribution in [2.24, 2.45) is 0 Å². The number of hydrogen-bond donors (Lipinski definition) is 0. The van der Waals surface area contributed by atoms with Crippen LogP contribution in [0.15, 0.2) is 388 Å². The highest BCUT2D eigenvalue weighted by Gasteiger charge is 2.24. The molecule has 0 saturated heterocycles. The van der Waals surface area contributed by atoms with Crippen LogP contribution in [0, 0.1) is 0 Å². The molecule has 21 aromatic rings. The fourth-order valence-electron chi connectivity index (χ4n) is 15.8. The summed E-state index contributed by atoms with van der Waals surface area (Å²) in [7, 11) is 0. The molecule has 21 rings (SSSR count). The SMILES string of the molecule is c1ccc(-c2nc(-c3ccccc3)nc(-c3cc(-c4ccccc4-c4ccccc4-c4ccc5c6ccccc6c6ccccc6c5c4)cc4sc5ccccc5c34)n2)cc1.c1ccc(-c2nc(-c3ccccc3)nc(-c3cc(-c4ccccc4-c4ccccc4-c4ccccc4)cc4sc5ccccc5c34)n2)cc1. The predicted molar refractivity (Wildman–Crippen MR) is 463 cm³/mol. The van der Waals surface area contributed by atoms with Crippen LogP contribution in [0.25, 0.3) is 208 Å². The van der Waals surface area contributed by atoms with Crippen LogP contribution in [0.3, 0.4) is 0 Å². The molecule has 0 aliphatic rings. The first kappa shape index (κ1) is 65.5. The van der Waals surface area contributed by atoms with Crippen LogP contribution in [-0.4, -0.2) is 29.9 Å². The number of hydrogen-bond acceptors (Lipinski definition) is 8. The Morgan fingerprint density at radius 2 is 0.391 bits per heavy atom. The van der Waals surface area contributed by atoms with E-state index in [0.717, 1.165) is 66.4 Å². The first-order valence-corrected chi connectivity index (χ1v) is 38.6. The van der Waals surface area contributed by atoms with E-state index in [1.54, 1.807) is 0 Å². The smallest absolute Gasteiger partial charge is 0.164 e. The van der Waals surface area contributed by atoms with Gasteiger partial charge in [0, 0.05) is 73.7 Å². The highest BCUT2D eigenvalue weighted by molar-refractivity contribution is 7.26. The summed E-state index contributed by atoms with van der Waals surface area (Å²) in [6, 6.07) is 138. The van der Waals surface area contributed by atoms with Crippen LogP contribution < -0.4 is 0 Å². The van der Waals surface area contributed by atoms with E-state index in [4.69, 9.17) is 29.9 Å². The topological polar surface area (TPSA) is 77.3 Å². The monoisotopic (exact) mass is 1440 g/mol.